The monoisotopic (exact) mass is 319 g/mol. The van der Waals surface area contributed by atoms with Crippen molar-refractivity contribution in [2.45, 2.75) is 26.8 Å². The number of hydrogen-bond donors (Lipinski definition) is 0. The van der Waals surface area contributed by atoms with E-state index in [1.54, 1.807) is 29.1 Å². The normalized spacial score (nSPS) is 23.0. The van der Waals surface area contributed by atoms with Crippen LogP contribution in [0.1, 0.15) is 20.3 Å². The van der Waals surface area contributed by atoms with Gasteiger partial charge >= 0.3 is 0 Å². The van der Waals surface area contributed by atoms with Crippen LogP contribution in [0.3, 0.4) is 0 Å². The Labute approximate surface area is 135 Å². The Hall–Kier alpha value is -1.39. The number of aromatic nitrogens is 2. The molecule has 1 aromatic heterocycles. The summed E-state index contributed by atoms with van der Waals surface area (Å²) in [6, 6.07) is 5.35. The molecular weight excluding hydrogens is 298 g/mol. The maximum Gasteiger partial charge on any atom is 0.261 e. The highest BCUT2D eigenvalue weighted by Crippen LogP contribution is 2.21. The number of benzene rings is 1. The van der Waals surface area contributed by atoms with Crippen LogP contribution >= 0.6 is 11.6 Å². The molecule has 0 aliphatic carbocycles. The summed E-state index contributed by atoms with van der Waals surface area (Å²) in [4.78, 5) is 19.3. The van der Waals surface area contributed by atoms with Crippen molar-refractivity contribution >= 4 is 22.5 Å². The lowest BCUT2D eigenvalue weighted by molar-refractivity contribution is 0.136. The Morgan fingerprint density at radius 2 is 1.95 bits per heavy atom. The molecule has 1 fully saturated rings. The third-order valence-electron chi connectivity index (χ3n) is 4.41. The summed E-state index contributed by atoms with van der Waals surface area (Å²) in [5.41, 5.74) is 0.580. The summed E-state index contributed by atoms with van der Waals surface area (Å²) in [5.74, 6) is 1.46. The van der Waals surface area contributed by atoms with Gasteiger partial charge < -0.3 is 4.90 Å². The largest absolute Gasteiger partial charge is 0.301 e. The van der Waals surface area contributed by atoms with E-state index in [-0.39, 0.29) is 5.56 Å². The van der Waals surface area contributed by atoms with Gasteiger partial charge in [-0.25, -0.2) is 4.98 Å². The lowest BCUT2D eigenvalue weighted by atomic mass is 9.92. The van der Waals surface area contributed by atoms with Gasteiger partial charge in [0.25, 0.3) is 5.56 Å². The van der Waals surface area contributed by atoms with E-state index in [1.807, 2.05) is 0 Å². The van der Waals surface area contributed by atoms with Gasteiger partial charge in [0.05, 0.1) is 22.3 Å². The van der Waals surface area contributed by atoms with Gasteiger partial charge in [-0.2, -0.15) is 0 Å². The van der Waals surface area contributed by atoms with E-state index in [2.05, 4.69) is 23.7 Å². The first kappa shape index (κ1) is 15.5. The van der Waals surface area contributed by atoms with Crippen LogP contribution in [0.5, 0.6) is 0 Å². The molecule has 118 valence electrons. The summed E-state index contributed by atoms with van der Waals surface area (Å²) in [5, 5.41) is 1.12. The van der Waals surface area contributed by atoms with Crippen molar-refractivity contribution in [3.05, 3.63) is 39.9 Å². The molecule has 0 amide bonds. The molecule has 0 bridgehead atoms. The molecule has 5 heteroatoms. The van der Waals surface area contributed by atoms with Crippen molar-refractivity contribution < 1.29 is 0 Å². The van der Waals surface area contributed by atoms with Crippen LogP contribution in [0.15, 0.2) is 29.3 Å². The minimum absolute atomic E-state index is 0.00870. The van der Waals surface area contributed by atoms with Gasteiger partial charge in [0.1, 0.15) is 0 Å². The standard InChI is InChI=1S/C17H22ClN3O/c1-12-8-13(2)10-20(9-12)6-7-21-11-19-16-14(17(21)22)4-3-5-15(16)18/h3-5,11-13H,6-10H2,1-2H3. The zero-order valence-corrected chi connectivity index (χ0v) is 13.9. The second-order valence-electron chi connectivity index (χ2n) is 6.58. The maximum absolute atomic E-state index is 12.5. The second kappa shape index (κ2) is 6.39. The summed E-state index contributed by atoms with van der Waals surface area (Å²) in [6.07, 6.45) is 2.92. The fraction of sp³-hybridized carbons (Fsp3) is 0.529. The van der Waals surface area contributed by atoms with Crippen molar-refractivity contribution in [2.24, 2.45) is 11.8 Å². The Morgan fingerprint density at radius 1 is 1.23 bits per heavy atom. The van der Waals surface area contributed by atoms with Crippen LogP contribution < -0.4 is 5.56 Å². The molecule has 1 saturated heterocycles. The van der Waals surface area contributed by atoms with E-state index in [4.69, 9.17) is 11.6 Å². The van der Waals surface area contributed by atoms with E-state index in [9.17, 15) is 4.79 Å². The molecule has 22 heavy (non-hydrogen) atoms. The number of piperidine rings is 1. The smallest absolute Gasteiger partial charge is 0.261 e. The molecule has 1 aromatic carbocycles. The SMILES string of the molecule is CC1CC(C)CN(CCn2cnc3c(Cl)cccc3c2=O)C1. The molecular formula is C17H22ClN3O. The maximum atomic E-state index is 12.5. The van der Waals surface area contributed by atoms with E-state index in [1.165, 1.54) is 6.42 Å². The van der Waals surface area contributed by atoms with Crippen molar-refractivity contribution in [1.29, 1.82) is 0 Å². The van der Waals surface area contributed by atoms with Crippen LogP contribution in [0.4, 0.5) is 0 Å². The minimum atomic E-state index is -0.00870. The Bertz CT molecular complexity index is 717. The molecule has 1 aliphatic heterocycles. The van der Waals surface area contributed by atoms with Crippen LogP contribution in [0.2, 0.25) is 5.02 Å². The first-order valence-corrected chi connectivity index (χ1v) is 8.28. The Morgan fingerprint density at radius 3 is 2.68 bits per heavy atom. The van der Waals surface area contributed by atoms with Gasteiger partial charge in [0.2, 0.25) is 0 Å². The van der Waals surface area contributed by atoms with E-state index >= 15 is 0 Å². The first-order valence-electron chi connectivity index (χ1n) is 7.90. The quantitative estimate of drug-likeness (QED) is 0.873. The number of nitrogens with zero attached hydrogens (tertiary/aromatic N) is 3. The van der Waals surface area contributed by atoms with Crippen LogP contribution in [-0.4, -0.2) is 34.1 Å². The Balaban J connectivity index is 1.77. The predicted octanol–water partition coefficient (Wildman–Crippen LogP) is 3.03. The van der Waals surface area contributed by atoms with Crippen molar-refractivity contribution in [3.63, 3.8) is 0 Å². The average Bonchev–Trinajstić information content (AvgIpc) is 2.46. The molecule has 0 radical (unpaired) electrons. The first-order chi connectivity index (χ1) is 10.5. The van der Waals surface area contributed by atoms with Crippen LogP contribution in [0.25, 0.3) is 10.9 Å². The third kappa shape index (κ3) is 3.18. The number of halogens is 1. The Kier molecular flexibility index (Phi) is 4.50. The number of para-hydroxylation sites is 1. The number of rotatable bonds is 3. The van der Waals surface area contributed by atoms with Gasteiger partial charge in [-0.1, -0.05) is 31.5 Å². The lowest BCUT2D eigenvalue weighted by Gasteiger charge is -2.34. The van der Waals surface area contributed by atoms with Crippen LogP contribution in [-0.2, 0) is 6.54 Å². The highest BCUT2D eigenvalue weighted by Gasteiger charge is 2.21. The fourth-order valence-corrected chi connectivity index (χ4v) is 3.76. The van der Waals surface area contributed by atoms with Crippen molar-refractivity contribution in [2.75, 3.05) is 19.6 Å². The molecule has 2 unspecified atom stereocenters. The van der Waals surface area contributed by atoms with Crippen molar-refractivity contribution in [3.8, 4) is 0 Å². The number of fused-ring (bicyclic) bond motifs is 1. The molecule has 0 spiro atoms. The van der Waals surface area contributed by atoms with Gasteiger partial charge in [0, 0.05) is 26.2 Å². The average molecular weight is 320 g/mol. The molecule has 2 atom stereocenters. The van der Waals surface area contributed by atoms with E-state index in [0.717, 1.165) is 31.5 Å². The minimum Gasteiger partial charge on any atom is -0.301 e. The zero-order chi connectivity index (χ0) is 15.7. The molecule has 1 aliphatic rings. The lowest BCUT2D eigenvalue weighted by Crippen LogP contribution is -2.41. The molecule has 2 heterocycles. The molecule has 2 aromatic rings. The summed E-state index contributed by atoms with van der Waals surface area (Å²) >= 11 is 6.09. The zero-order valence-electron chi connectivity index (χ0n) is 13.1. The van der Waals surface area contributed by atoms with Crippen molar-refractivity contribution in [1.82, 2.24) is 14.5 Å². The summed E-state index contributed by atoms with van der Waals surface area (Å²) < 4.78 is 1.70. The van der Waals surface area contributed by atoms with E-state index < -0.39 is 0 Å². The van der Waals surface area contributed by atoms with Gasteiger partial charge in [-0.3, -0.25) is 9.36 Å². The van der Waals surface area contributed by atoms with Gasteiger partial charge in [0.15, 0.2) is 0 Å². The van der Waals surface area contributed by atoms with E-state index in [0.29, 0.717) is 22.5 Å². The number of hydrogen-bond acceptors (Lipinski definition) is 3. The number of likely N-dealkylation sites (tertiary alicyclic amines) is 1. The van der Waals surface area contributed by atoms with Gasteiger partial charge in [-0.05, 0) is 30.4 Å². The fourth-order valence-electron chi connectivity index (χ4n) is 3.54. The summed E-state index contributed by atoms with van der Waals surface area (Å²) in [6.45, 7) is 8.40. The highest BCUT2D eigenvalue weighted by molar-refractivity contribution is 6.34. The van der Waals surface area contributed by atoms with Crippen LogP contribution in [0, 0.1) is 11.8 Å². The molecule has 0 saturated carbocycles. The highest BCUT2D eigenvalue weighted by atomic mass is 35.5. The molecule has 3 rings (SSSR count). The second-order valence-corrected chi connectivity index (χ2v) is 6.99. The predicted molar refractivity (Wildman–Crippen MR) is 90.4 cm³/mol. The topological polar surface area (TPSA) is 38.1 Å². The molecule has 0 N–H and O–H groups in total. The summed E-state index contributed by atoms with van der Waals surface area (Å²) in [7, 11) is 0. The van der Waals surface area contributed by atoms with Gasteiger partial charge in [-0.15, -0.1) is 0 Å². The molecule has 4 nitrogen and oxygen atoms in total. The third-order valence-corrected chi connectivity index (χ3v) is 4.71.